The van der Waals surface area contributed by atoms with E-state index in [1.807, 2.05) is 30.3 Å². The number of methoxy groups -OCH3 is 2. The Hall–Kier alpha value is -5.16. The van der Waals surface area contributed by atoms with Crippen molar-refractivity contribution < 1.29 is 28.6 Å². The molecular formula is C31H26N4O6S. The maximum absolute atomic E-state index is 13.1. The Morgan fingerprint density at radius 2 is 1.74 bits per heavy atom. The summed E-state index contributed by atoms with van der Waals surface area (Å²) in [5, 5.41) is 14.9. The van der Waals surface area contributed by atoms with E-state index in [0.29, 0.717) is 28.3 Å². The first kappa shape index (κ1) is 28.4. The van der Waals surface area contributed by atoms with Crippen LogP contribution in [0.1, 0.15) is 22.3 Å². The molecule has 10 nitrogen and oxygen atoms in total. The molecule has 1 fully saturated rings. The van der Waals surface area contributed by atoms with Crippen LogP contribution in [0, 0.1) is 0 Å². The molecule has 4 aromatic rings. The molecule has 0 radical (unpaired) electrons. The summed E-state index contributed by atoms with van der Waals surface area (Å²) >= 11 is 1.12. The second kappa shape index (κ2) is 13.0. The van der Waals surface area contributed by atoms with Gasteiger partial charge in [0.05, 0.1) is 26.0 Å². The largest absolute Gasteiger partial charge is 0.497 e. The second-order valence-electron chi connectivity index (χ2n) is 9.05. The summed E-state index contributed by atoms with van der Waals surface area (Å²) < 4.78 is 16.2. The Kier molecular flexibility index (Phi) is 8.78. The molecule has 1 atom stereocenters. The summed E-state index contributed by atoms with van der Waals surface area (Å²) in [6.07, 6.45) is 1.42. The number of thioether (sulfide) groups is 1. The number of amidine groups is 1. The van der Waals surface area contributed by atoms with E-state index < -0.39 is 11.2 Å². The minimum absolute atomic E-state index is 0.0326. The quantitative estimate of drug-likeness (QED) is 0.123. The number of hydrogen-bond acceptors (Lipinski definition) is 9. The van der Waals surface area contributed by atoms with Gasteiger partial charge in [-0.1, -0.05) is 48.2 Å². The molecule has 42 heavy (non-hydrogen) atoms. The first-order valence-electron chi connectivity index (χ1n) is 12.8. The van der Waals surface area contributed by atoms with Crippen molar-refractivity contribution in [3.05, 3.63) is 96.1 Å². The molecule has 1 unspecified atom stereocenters. The molecule has 0 saturated carbocycles. The number of hydrogen-bond donors (Lipinski definition) is 2. The number of carbonyl (C=O) groups is 3. The van der Waals surface area contributed by atoms with Gasteiger partial charge in [0.2, 0.25) is 11.8 Å². The third-order valence-corrected chi connectivity index (χ3v) is 7.35. The third kappa shape index (κ3) is 6.76. The van der Waals surface area contributed by atoms with Gasteiger partial charge in [0.25, 0.3) is 0 Å². The fraction of sp³-hybridized carbons (Fsp3) is 0.129. The molecule has 11 heteroatoms. The van der Waals surface area contributed by atoms with Crippen molar-refractivity contribution in [3.8, 4) is 17.2 Å². The van der Waals surface area contributed by atoms with Crippen LogP contribution in [0.2, 0.25) is 0 Å². The predicted molar refractivity (Wildman–Crippen MR) is 163 cm³/mol. The van der Waals surface area contributed by atoms with Crippen LogP contribution < -0.4 is 24.8 Å². The molecular weight excluding hydrogens is 556 g/mol. The lowest BCUT2D eigenvalue weighted by atomic mass is 10.0. The van der Waals surface area contributed by atoms with Gasteiger partial charge in [-0.25, -0.2) is 4.79 Å². The summed E-state index contributed by atoms with van der Waals surface area (Å²) in [6, 6.07) is 24.9. The molecule has 1 aliphatic heterocycles. The van der Waals surface area contributed by atoms with Gasteiger partial charge in [-0.3, -0.25) is 9.59 Å². The number of benzene rings is 4. The summed E-state index contributed by atoms with van der Waals surface area (Å²) in [5.41, 5.74) is 1.62. The van der Waals surface area contributed by atoms with Gasteiger partial charge < -0.3 is 24.8 Å². The first-order valence-corrected chi connectivity index (χ1v) is 13.7. The Morgan fingerprint density at radius 1 is 0.952 bits per heavy atom. The van der Waals surface area contributed by atoms with Crippen LogP contribution in [0.25, 0.3) is 10.8 Å². The number of amides is 2. The highest BCUT2D eigenvalue weighted by Crippen LogP contribution is 2.30. The van der Waals surface area contributed by atoms with Crippen molar-refractivity contribution in [2.45, 2.75) is 11.7 Å². The summed E-state index contributed by atoms with van der Waals surface area (Å²) in [6.45, 7) is 0. The van der Waals surface area contributed by atoms with E-state index >= 15 is 0 Å². The molecule has 2 N–H and O–H groups in total. The van der Waals surface area contributed by atoms with Crippen molar-refractivity contribution in [2.24, 2.45) is 10.2 Å². The Bertz CT molecular complexity index is 1700. The highest BCUT2D eigenvalue weighted by Gasteiger charge is 2.32. The van der Waals surface area contributed by atoms with Crippen LogP contribution in [-0.2, 0) is 9.59 Å². The fourth-order valence-corrected chi connectivity index (χ4v) is 5.12. The maximum atomic E-state index is 13.1. The average Bonchev–Trinajstić information content (AvgIpc) is 3.35. The van der Waals surface area contributed by atoms with Crippen LogP contribution in [0.15, 0.2) is 95.1 Å². The van der Waals surface area contributed by atoms with E-state index in [1.54, 1.807) is 61.7 Å². The molecule has 0 bridgehead atoms. The lowest BCUT2D eigenvalue weighted by Gasteiger charge is -2.11. The molecule has 212 valence electrons. The van der Waals surface area contributed by atoms with Gasteiger partial charge in [0.1, 0.15) is 11.0 Å². The molecule has 1 heterocycles. The van der Waals surface area contributed by atoms with Crippen LogP contribution in [0.5, 0.6) is 17.2 Å². The van der Waals surface area contributed by atoms with E-state index in [-0.39, 0.29) is 29.2 Å². The van der Waals surface area contributed by atoms with Crippen molar-refractivity contribution in [3.63, 3.8) is 0 Å². The molecule has 1 saturated heterocycles. The molecule has 2 amide bonds. The molecule has 0 aromatic heterocycles. The van der Waals surface area contributed by atoms with Crippen LogP contribution in [0.3, 0.4) is 0 Å². The number of carbonyl (C=O) groups excluding carboxylic acids is 3. The van der Waals surface area contributed by atoms with Gasteiger partial charge in [-0.15, -0.1) is 5.10 Å². The zero-order valence-electron chi connectivity index (χ0n) is 22.7. The van der Waals surface area contributed by atoms with Gasteiger partial charge in [-0.05, 0) is 64.9 Å². The van der Waals surface area contributed by atoms with Crippen molar-refractivity contribution >= 4 is 57.4 Å². The predicted octanol–water partition coefficient (Wildman–Crippen LogP) is 5.03. The minimum atomic E-state index is -0.640. The van der Waals surface area contributed by atoms with Crippen molar-refractivity contribution in [1.29, 1.82) is 0 Å². The minimum Gasteiger partial charge on any atom is -0.497 e. The number of fused-ring (bicyclic) bond motifs is 1. The van der Waals surface area contributed by atoms with Crippen LogP contribution in [-0.4, -0.2) is 48.6 Å². The molecule has 0 spiro atoms. The zero-order chi connectivity index (χ0) is 29.5. The Labute approximate surface area is 245 Å². The number of esters is 1. The van der Waals surface area contributed by atoms with Gasteiger partial charge >= 0.3 is 5.97 Å². The third-order valence-electron chi connectivity index (χ3n) is 6.28. The normalized spacial score (nSPS) is 15.5. The monoisotopic (exact) mass is 582 g/mol. The highest BCUT2D eigenvalue weighted by atomic mass is 32.2. The second-order valence-corrected chi connectivity index (χ2v) is 10.2. The van der Waals surface area contributed by atoms with Crippen molar-refractivity contribution in [1.82, 2.24) is 5.32 Å². The number of nitrogens with zero attached hydrogens (tertiary/aromatic N) is 2. The van der Waals surface area contributed by atoms with Crippen LogP contribution in [0.4, 0.5) is 5.69 Å². The van der Waals surface area contributed by atoms with Gasteiger partial charge in [0.15, 0.2) is 16.7 Å². The molecule has 0 aliphatic carbocycles. The fourth-order valence-electron chi connectivity index (χ4n) is 4.20. The number of rotatable bonds is 9. The molecule has 1 aliphatic rings. The number of ether oxygens (including phenoxy) is 3. The van der Waals surface area contributed by atoms with Gasteiger partial charge in [-0.2, -0.15) is 5.10 Å². The van der Waals surface area contributed by atoms with E-state index in [1.165, 1.54) is 13.3 Å². The lowest BCUT2D eigenvalue weighted by Crippen LogP contribution is -2.28. The maximum Gasteiger partial charge on any atom is 0.344 e. The first-order chi connectivity index (χ1) is 20.4. The van der Waals surface area contributed by atoms with E-state index in [2.05, 4.69) is 20.8 Å². The van der Waals surface area contributed by atoms with Crippen LogP contribution >= 0.6 is 11.8 Å². The Balaban J connectivity index is 1.22. The average molecular weight is 583 g/mol. The summed E-state index contributed by atoms with van der Waals surface area (Å²) in [5.74, 6) is 0.117. The smallest absolute Gasteiger partial charge is 0.344 e. The van der Waals surface area contributed by atoms with E-state index in [9.17, 15) is 14.4 Å². The van der Waals surface area contributed by atoms with E-state index in [0.717, 1.165) is 22.5 Å². The van der Waals surface area contributed by atoms with Gasteiger partial charge in [0, 0.05) is 12.1 Å². The standard InChI is InChI=1S/C31H26N4O6S/c1-39-22-13-11-21(12-14-22)33-28(36)17-27-29(37)34-31(42-27)35-32-18-19-10-15-25(40-2)26(16-19)41-30(38)24-9-5-7-20-6-3-4-8-23(20)24/h3-16,18,27H,17H2,1-2H3,(H,33,36)(H,34,35,37)/b32-18+. The molecule has 5 rings (SSSR count). The topological polar surface area (TPSA) is 128 Å². The molecule has 4 aromatic carbocycles. The van der Waals surface area contributed by atoms with E-state index in [4.69, 9.17) is 14.2 Å². The lowest BCUT2D eigenvalue weighted by molar-refractivity contribution is -0.122. The summed E-state index contributed by atoms with van der Waals surface area (Å²) in [4.78, 5) is 37.9. The summed E-state index contributed by atoms with van der Waals surface area (Å²) in [7, 11) is 3.05. The highest BCUT2D eigenvalue weighted by molar-refractivity contribution is 8.15. The number of nitrogens with one attached hydrogen (secondary N) is 2. The van der Waals surface area contributed by atoms with Crippen molar-refractivity contribution in [2.75, 3.05) is 19.5 Å². The SMILES string of the molecule is COc1ccc(NC(=O)CC2S/C(=N/N=C/c3ccc(OC)c(OC(=O)c4cccc5ccccc45)c3)NC2=O)cc1. The Morgan fingerprint density at radius 3 is 2.52 bits per heavy atom. The number of anilines is 1. The zero-order valence-corrected chi connectivity index (χ0v) is 23.5.